The van der Waals surface area contributed by atoms with Crippen molar-refractivity contribution in [1.82, 2.24) is 14.5 Å². The fraction of sp³-hybridized carbons (Fsp3) is 0.250. The summed E-state index contributed by atoms with van der Waals surface area (Å²) in [4.78, 5) is 31.4. The van der Waals surface area contributed by atoms with E-state index >= 15 is 0 Å². The lowest BCUT2D eigenvalue weighted by molar-refractivity contribution is -0.131. The van der Waals surface area contributed by atoms with Gasteiger partial charge in [-0.15, -0.1) is 0 Å². The highest BCUT2D eigenvalue weighted by Crippen LogP contribution is 2.33. The number of aromatic carboxylic acids is 1. The third kappa shape index (κ3) is 4.65. The van der Waals surface area contributed by atoms with Crippen LogP contribution in [0.4, 0.5) is 4.39 Å². The van der Waals surface area contributed by atoms with E-state index in [1.54, 1.807) is 35.4 Å². The number of carbonyl (C=O) groups is 2. The summed E-state index contributed by atoms with van der Waals surface area (Å²) in [6.45, 7) is 1.09. The number of hydrogen-bond acceptors (Lipinski definition) is 5. The molecular formula is C28H25ClFN3O5. The molecule has 1 N–H and O–H groups in total. The number of nitrogens with zero attached hydrogens (tertiary/aromatic N) is 3. The number of ether oxygens (including phenoxy) is 2. The summed E-state index contributed by atoms with van der Waals surface area (Å²) in [6, 6.07) is 11.6. The Morgan fingerprint density at radius 2 is 1.87 bits per heavy atom. The molecule has 1 amide bonds. The fourth-order valence-electron chi connectivity index (χ4n) is 5.03. The Labute approximate surface area is 223 Å². The summed E-state index contributed by atoms with van der Waals surface area (Å²) in [5, 5.41) is 10.8. The molecular weight excluding hydrogens is 513 g/mol. The van der Waals surface area contributed by atoms with E-state index in [9.17, 15) is 19.1 Å². The van der Waals surface area contributed by atoms with Gasteiger partial charge in [0.25, 0.3) is 0 Å². The van der Waals surface area contributed by atoms with Crippen molar-refractivity contribution in [2.45, 2.75) is 25.9 Å². The Morgan fingerprint density at radius 3 is 2.53 bits per heavy atom. The first-order chi connectivity index (χ1) is 18.3. The van der Waals surface area contributed by atoms with E-state index in [0.717, 1.165) is 22.3 Å². The quantitative estimate of drug-likeness (QED) is 0.367. The van der Waals surface area contributed by atoms with Gasteiger partial charge in [0.05, 0.1) is 33.7 Å². The lowest BCUT2D eigenvalue weighted by atomic mass is 10.0. The van der Waals surface area contributed by atoms with Gasteiger partial charge in [0.15, 0.2) is 0 Å². The zero-order chi connectivity index (χ0) is 27.0. The molecule has 0 saturated carbocycles. The van der Waals surface area contributed by atoms with Gasteiger partial charge in [-0.2, -0.15) is 0 Å². The highest BCUT2D eigenvalue weighted by Gasteiger charge is 2.28. The number of methoxy groups -OCH3 is 2. The molecule has 0 spiro atoms. The van der Waals surface area contributed by atoms with Gasteiger partial charge in [-0.05, 0) is 53.9 Å². The number of carboxylic acids is 1. The van der Waals surface area contributed by atoms with E-state index in [4.69, 9.17) is 21.1 Å². The van der Waals surface area contributed by atoms with Crippen LogP contribution in [0.15, 0.2) is 48.7 Å². The highest BCUT2D eigenvalue weighted by atomic mass is 35.5. The van der Waals surface area contributed by atoms with E-state index < -0.39 is 11.8 Å². The van der Waals surface area contributed by atoms with Crippen LogP contribution in [-0.2, 0) is 30.7 Å². The van der Waals surface area contributed by atoms with Gasteiger partial charge in [0.2, 0.25) is 5.91 Å². The molecule has 0 atom stereocenters. The SMILES string of the molecule is COc1cc(CC(=O)N2CCc3c(n(Cc4ccc(Cl)cc4F)c4ncccc34)C2)cc(OC)c1C(=O)O. The van der Waals surface area contributed by atoms with Crippen molar-refractivity contribution in [2.24, 2.45) is 0 Å². The molecule has 0 fully saturated rings. The van der Waals surface area contributed by atoms with Crippen molar-refractivity contribution >= 4 is 34.5 Å². The van der Waals surface area contributed by atoms with Crippen LogP contribution in [0.25, 0.3) is 11.0 Å². The molecule has 3 heterocycles. The molecule has 0 radical (unpaired) electrons. The van der Waals surface area contributed by atoms with Crippen molar-refractivity contribution in [3.05, 3.63) is 87.4 Å². The van der Waals surface area contributed by atoms with E-state index in [1.807, 2.05) is 16.7 Å². The number of fused-ring (bicyclic) bond motifs is 3. The van der Waals surface area contributed by atoms with Crippen molar-refractivity contribution < 1.29 is 28.6 Å². The Balaban J connectivity index is 1.46. The summed E-state index contributed by atoms with van der Waals surface area (Å²) in [5.74, 6) is -1.47. The number of benzene rings is 2. The third-order valence-corrected chi connectivity index (χ3v) is 7.08. The van der Waals surface area contributed by atoms with Crippen LogP contribution in [0.1, 0.15) is 32.7 Å². The Hall–Kier alpha value is -4.11. The number of halogens is 2. The molecule has 10 heteroatoms. The van der Waals surface area contributed by atoms with Crippen LogP contribution in [0.3, 0.4) is 0 Å². The fourth-order valence-corrected chi connectivity index (χ4v) is 5.19. The van der Waals surface area contributed by atoms with Gasteiger partial charge in [0, 0.05) is 34.4 Å². The van der Waals surface area contributed by atoms with Crippen LogP contribution >= 0.6 is 11.6 Å². The number of carbonyl (C=O) groups excluding carboxylic acids is 1. The molecule has 1 aliphatic heterocycles. The number of pyridine rings is 1. The normalized spacial score (nSPS) is 12.9. The molecule has 0 unspecified atom stereocenters. The second-order valence-electron chi connectivity index (χ2n) is 9.04. The minimum Gasteiger partial charge on any atom is -0.496 e. The van der Waals surface area contributed by atoms with E-state index in [2.05, 4.69) is 4.98 Å². The summed E-state index contributed by atoms with van der Waals surface area (Å²) in [7, 11) is 2.74. The summed E-state index contributed by atoms with van der Waals surface area (Å²) in [6.07, 6.45) is 2.36. The van der Waals surface area contributed by atoms with Gasteiger partial charge in [0.1, 0.15) is 28.5 Å². The van der Waals surface area contributed by atoms with Crippen LogP contribution in [0.5, 0.6) is 11.5 Å². The van der Waals surface area contributed by atoms with Crippen molar-refractivity contribution in [3.8, 4) is 11.5 Å². The van der Waals surface area contributed by atoms with Gasteiger partial charge < -0.3 is 24.0 Å². The predicted molar refractivity (Wildman–Crippen MR) is 140 cm³/mol. The van der Waals surface area contributed by atoms with E-state index in [0.29, 0.717) is 35.7 Å². The van der Waals surface area contributed by atoms with E-state index in [-0.39, 0.29) is 35.9 Å². The maximum Gasteiger partial charge on any atom is 0.343 e. The van der Waals surface area contributed by atoms with Gasteiger partial charge in [-0.1, -0.05) is 17.7 Å². The van der Waals surface area contributed by atoms with Crippen LogP contribution < -0.4 is 9.47 Å². The molecule has 38 heavy (non-hydrogen) atoms. The Morgan fingerprint density at radius 1 is 1.13 bits per heavy atom. The number of carboxylic acid groups (broad SMARTS) is 1. The molecule has 0 bridgehead atoms. The number of amides is 1. The number of hydrogen-bond donors (Lipinski definition) is 1. The number of aromatic nitrogens is 2. The number of rotatable bonds is 7. The standard InChI is InChI=1S/C28H25ClFN3O5/c1-37-23-10-16(11-24(38-2)26(23)28(35)36)12-25(34)32-9-7-19-20-4-3-8-31-27(20)33(22(19)15-32)14-17-5-6-18(29)13-21(17)30/h3-6,8,10-11,13H,7,9,12,14-15H2,1-2H3,(H,35,36). The molecule has 8 nitrogen and oxygen atoms in total. The van der Waals surface area contributed by atoms with Gasteiger partial charge in [-0.25, -0.2) is 14.2 Å². The minimum atomic E-state index is -1.18. The maximum atomic E-state index is 14.7. The molecule has 4 aromatic rings. The lowest BCUT2D eigenvalue weighted by Gasteiger charge is -2.29. The van der Waals surface area contributed by atoms with Crippen molar-refractivity contribution in [3.63, 3.8) is 0 Å². The van der Waals surface area contributed by atoms with Crippen LogP contribution in [-0.4, -0.2) is 52.2 Å². The summed E-state index contributed by atoms with van der Waals surface area (Å²) < 4.78 is 27.1. The molecule has 0 saturated heterocycles. The summed E-state index contributed by atoms with van der Waals surface area (Å²) >= 11 is 5.94. The Bertz CT molecular complexity index is 1540. The van der Waals surface area contributed by atoms with Gasteiger partial charge >= 0.3 is 5.97 Å². The second kappa shape index (κ2) is 10.3. The van der Waals surface area contributed by atoms with Crippen molar-refractivity contribution in [1.29, 1.82) is 0 Å². The molecule has 1 aliphatic rings. The van der Waals surface area contributed by atoms with Gasteiger partial charge in [-0.3, -0.25) is 4.79 Å². The first-order valence-corrected chi connectivity index (χ1v) is 12.3. The van der Waals surface area contributed by atoms with Crippen LogP contribution in [0, 0.1) is 5.82 Å². The zero-order valence-electron chi connectivity index (χ0n) is 20.8. The van der Waals surface area contributed by atoms with Crippen LogP contribution in [0.2, 0.25) is 5.02 Å². The third-order valence-electron chi connectivity index (χ3n) is 6.85. The van der Waals surface area contributed by atoms with Crippen molar-refractivity contribution in [2.75, 3.05) is 20.8 Å². The van der Waals surface area contributed by atoms with E-state index in [1.165, 1.54) is 20.3 Å². The maximum absolute atomic E-state index is 14.7. The lowest BCUT2D eigenvalue weighted by Crippen LogP contribution is -2.37. The second-order valence-corrected chi connectivity index (χ2v) is 9.48. The molecule has 196 valence electrons. The first kappa shape index (κ1) is 25.5. The zero-order valence-corrected chi connectivity index (χ0v) is 21.6. The minimum absolute atomic E-state index is 0.0340. The molecule has 0 aliphatic carbocycles. The average Bonchev–Trinajstić information content (AvgIpc) is 3.22. The average molecular weight is 538 g/mol. The highest BCUT2D eigenvalue weighted by molar-refractivity contribution is 6.30. The summed E-state index contributed by atoms with van der Waals surface area (Å²) in [5.41, 5.74) is 3.69. The monoisotopic (exact) mass is 537 g/mol. The smallest absolute Gasteiger partial charge is 0.343 e. The topological polar surface area (TPSA) is 93.9 Å². The molecule has 2 aromatic heterocycles. The predicted octanol–water partition coefficient (Wildman–Crippen LogP) is 4.72. The Kier molecular flexibility index (Phi) is 6.94. The first-order valence-electron chi connectivity index (χ1n) is 12.0. The molecule has 5 rings (SSSR count). The largest absolute Gasteiger partial charge is 0.496 e. The molecule has 2 aromatic carbocycles.